The molecule has 6 rings (SSSR count). The predicted octanol–water partition coefficient (Wildman–Crippen LogP) is 5.72. The summed E-state index contributed by atoms with van der Waals surface area (Å²) < 4.78 is 23.4. The van der Waals surface area contributed by atoms with Crippen LogP contribution in [0.4, 0.5) is 9.52 Å². The van der Waals surface area contributed by atoms with Crippen molar-refractivity contribution in [2.45, 2.75) is 26.8 Å². The van der Waals surface area contributed by atoms with Crippen LogP contribution in [0.3, 0.4) is 0 Å². The highest BCUT2D eigenvalue weighted by Crippen LogP contribution is 2.45. The lowest BCUT2D eigenvalue weighted by atomic mass is 9.96. The van der Waals surface area contributed by atoms with Crippen LogP contribution < -0.4 is 9.64 Å². The molecule has 8 nitrogen and oxygen atoms in total. The van der Waals surface area contributed by atoms with E-state index in [0.717, 1.165) is 15.2 Å². The number of benzene rings is 2. The molecule has 1 N–H and O–H groups in total. The molecule has 39 heavy (non-hydrogen) atoms. The number of Topliss-reactive ketones (excluding diaryl/α,β-unsaturated/α-hetero) is 1. The van der Waals surface area contributed by atoms with Crippen LogP contribution in [0.2, 0.25) is 0 Å². The van der Waals surface area contributed by atoms with Crippen molar-refractivity contribution in [1.82, 2.24) is 14.4 Å². The Balaban J connectivity index is 1.58. The van der Waals surface area contributed by atoms with Gasteiger partial charge >= 0.3 is 5.91 Å². The number of hydrogen-bond donors (Lipinski definition) is 1. The van der Waals surface area contributed by atoms with Crippen LogP contribution in [0.15, 0.2) is 66.4 Å². The zero-order valence-electron chi connectivity index (χ0n) is 21.3. The summed E-state index contributed by atoms with van der Waals surface area (Å²) in [7, 11) is 0. The van der Waals surface area contributed by atoms with Gasteiger partial charge in [-0.1, -0.05) is 35.6 Å². The first-order valence-electron chi connectivity index (χ1n) is 12.3. The van der Waals surface area contributed by atoms with E-state index in [2.05, 4.69) is 9.97 Å². The second-order valence-electron chi connectivity index (χ2n) is 9.18. The molecule has 196 valence electrons. The van der Waals surface area contributed by atoms with Crippen LogP contribution >= 0.6 is 11.3 Å². The van der Waals surface area contributed by atoms with Crippen LogP contribution in [0.1, 0.15) is 35.5 Å². The Hall–Kier alpha value is -4.57. The van der Waals surface area contributed by atoms with E-state index in [1.54, 1.807) is 41.8 Å². The number of hydrogen-bond acceptors (Lipinski definition) is 7. The highest BCUT2D eigenvalue weighted by molar-refractivity contribution is 7.22. The average molecular weight is 543 g/mol. The van der Waals surface area contributed by atoms with Gasteiger partial charge in [0.2, 0.25) is 0 Å². The Morgan fingerprint density at radius 2 is 1.90 bits per heavy atom. The number of rotatable bonds is 5. The number of amides is 1. The third-order valence-electron chi connectivity index (χ3n) is 6.82. The molecule has 0 spiro atoms. The number of halogens is 1. The molecule has 0 radical (unpaired) electrons. The number of anilines is 1. The first-order valence-corrected chi connectivity index (χ1v) is 13.1. The number of carbonyl (C=O) groups is 2. The number of pyridine rings is 1. The zero-order chi connectivity index (χ0) is 27.4. The standard InChI is InChI=1S/C29H23FN4O4S/c1-4-38-17-11-12-20-21(14-17)39-29(31-20)34-24(18-9-5-6-10-19(18)30)22(26(36)28(34)37)25(35)23-16(3)33-13-7-8-15(2)27(33)32-23/h5-14,24,35H,4H2,1-3H3/b25-22+. The first-order chi connectivity index (χ1) is 18.8. The number of aromatic nitrogens is 3. The van der Waals surface area contributed by atoms with Crippen LogP contribution in [0.25, 0.3) is 21.6 Å². The van der Waals surface area contributed by atoms with Crippen molar-refractivity contribution in [2.24, 2.45) is 0 Å². The van der Waals surface area contributed by atoms with Gasteiger partial charge in [0.15, 0.2) is 10.9 Å². The van der Waals surface area contributed by atoms with Gasteiger partial charge in [0.1, 0.15) is 28.9 Å². The Labute approximate surface area is 226 Å². The Bertz CT molecular complexity index is 1840. The number of imidazole rings is 1. The molecule has 2 aromatic carbocycles. The van der Waals surface area contributed by atoms with Crippen molar-refractivity contribution >= 4 is 49.8 Å². The van der Waals surface area contributed by atoms with Gasteiger partial charge in [-0.3, -0.25) is 14.5 Å². The number of aliphatic hydroxyl groups is 1. The van der Waals surface area contributed by atoms with E-state index < -0.39 is 29.3 Å². The highest BCUT2D eigenvalue weighted by Gasteiger charge is 2.49. The summed E-state index contributed by atoms with van der Waals surface area (Å²) in [6.07, 6.45) is 1.80. The number of aliphatic hydroxyl groups excluding tert-OH is 1. The van der Waals surface area contributed by atoms with Gasteiger partial charge in [-0.05, 0) is 56.7 Å². The summed E-state index contributed by atoms with van der Waals surface area (Å²) in [5, 5.41) is 11.8. The second kappa shape index (κ2) is 9.32. The minimum absolute atomic E-state index is 0.0603. The molecule has 1 aliphatic rings. The Morgan fingerprint density at radius 1 is 1.10 bits per heavy atom. The van der Waals surface area contributed by atoms with Gasteiger partial charge < -0.3 is 14.2 Å². The number of nitrogens with zero attached hydrogens (tertiary/aromatic N) is 4. The zero-order valence-corrected chi connectivity index (χ0v) is 22.1. The van der Waals surface area contributed by atoms with Gasteiger partial charge in [-0.15, -0.1) is 0 Å². The lowest BCUT2D eigenvalue weighted by molar-refractivity contribution is -0.132. The summed E-state index contributed by atoms with van der Waals surface area (Å²) in [6, 6.07) is 13.7. The molecule has 1 atom stereocenters. The summed E-state index contributed by atoms with van der Waals surface area (Å²) in [5.74, 6) is -2.30. The molecule has 0 aliphatic carbocycles. The Kier molecular flexibility index (Phi) is 5.91. The van der Waals surface area contributed by atoms with E-state index >= 15 is 4.39 Å². The van der Waals surface area contributed by atoms with Crippen LogP contribution in [-0.4, -0.2) is 37.8 Å². The molecule has 1 aliphatic heterocycles. The largest absolute Gasteiger partial charge is 0.505 e. The number of fused-ring (bicyclic) bond motifs is 2. The summed E-state index contributed by atoms with van der Waals surface area (Å²) in [4.78, 5) is 37.4. The van der Waals surface area contributed by atoms with Crippen LogP contribution in [0.5, 0.6) is 5.75 Å². The van der Waals surface area contributed by atoms with E-state index in [4.69, 9.17) is 4.74 Å². The van der Waals surface area contributed by atoms with Gasteiger partial charge in [-0.2, -0.15) is 0 Å². The first kappa shape index (κ1) is 24.7. The Morgan fingerprint density at radius 3 is 2.64 bits per heavy atom. The van der Waals surface area contributed by atoms with Gasteiger partial charge in [0, 0.05) is 11.8 Å². The molecule has 1 saturated heterocycles. The third kappa shape index (κ3) is 3.87. The van der Waals surface area contributed by atoms with E-state index in [1.807, 2.05) is 26.0 Å². The minimum atomic E-state index is -1.25. The molecule has 3 aromatic heterocycles. The highest BCUT2D eigenvalue weighted by atomic mass is 32.1. The number of carbonyl (C=O) groups excluding carboxylic acids is 2. The third-order valence-corrected chi connectivity index (χ3v) is 7.84. The molecule has 0 bridgehead atoms. The second-order valence-corrected chi connectivity index (χ2v) is 10.2. The van der Waals surface area contributed by atoms with E-state index in [1.165, 1.54) is 29.5 Å². The lowest BCUT2D eigenvalue weighted by Gasteiger charge is -2.23. The molecule has 0 saturated carbocycles. The quantitative estimate of drug-likeness (QED) is 0.173. The average Bonchev–Trinajstić information content (AvgIpc) is 3.57. The van der Waals surface area contributed by atoms with Crippen molar-refractivity contribution in [2.75, 3.05) is 11.5 Å². The molecule has 4 heterocycles. The molecule has 1 fully saturated rings. The monoisotopic (exact) mass is 542 g/mol. The number of ether oxygens (including phenoxy) is 1. The van der Waals surface area contributed by atoms with Crippen molar-refractivity contribution < 1.29 is 23.8 Å². The van der Waals surface area contributed by atoms with Gasteiger partial charge in [0.05, 0.1) is 28.1 Å². The molecular weight excluding hydrogens is 519 g/mol. The predicted molar refractivity (Wildman–Crippen MR) is 147 cm³/mol. The van der Waals surface area contributed by atoms with Crippen molar-refractivity contribution in [3.05, 3.63) is 94.7 Å². The summed E-state index contributed by atoms with van der Waals surface area (Å²) in [5.41, 5.74) is 2.60. The summed E-state index contributed by atoms with van der Waals surface area (Å²) in [6.45, 7) is 6.00. The van der Waals surface area contributed by atoms with Gasteiger partial charge in [-0.25, -0.2) is 14.4 Å². The van der Waals surface area contributed by atoms with Gasteiger partial charge in [0.25, 0.3) is 5.78 Å². The molecule has 5 aromatic rings. The van der Waals surface area contributed by atoms with Crippen LogP contribution in [0, 0.1) is 19.7 Å². The maximum Gasteiger partial charge on any atom is 0.301 e. The van der Waals surface area contributed by atoms with E-state index in [-0.39, 0.29) is 22.0 Å². The van der Waals surface area contributed by atoms with Crippen molar-refractivity contribution in [3.8, 4) is 5.75 Å². The number of ketones is 1. The lowest BCUT2D eigenvalue weighted by Crippen LogP contribution is -2.29. The summed E-state index contributed by atoms with van der Waals surface area (Å²) >= 11 is 1.18. The van der Waals surface area contributed by atoms with Crippen molar-refractivity contribution in [3.63, 3.8) is 0 Å². The molecule has 1 amide bonds. The number of thiazole rings is 1. The fourth-order valence-electron chi connectivity index (χ4n) is 4.95. The topological polar surface area (TPSA) is 97.0 Å². The number of aryl methyl sites for hydroxylation is 2. The fourth-order valence-corrected chi connectivity index (χ4v) is 5.97. The maximum absolute atomic E-state index is 15.3. The molecule has 10 heteroatoms. The van der Waals surface area contributed by atoms with E-state index in [9.17, 15) is 14.7 Å². The van der Waals surface area contributed by atoms with E-state index in [0.29, 0.717) is 29.2 Å². The fraction of sp³-hybridized carbons (Fsp3) is 0.172. The smallest absolute Gasteiger partial charge is 0.301 e. The SMILES string of the molecule is CCOc1ccc2nc(N3C(=O)C(=O)/C(=C(/O)c4nc5c(C)cccn5c4C)C3c3ccccc3F)sc2c1. The maximum atomic E-state index is 15.3. The van der Waals surface area contributed by atoms with Crippen LogP contribution in [-0.2, 0) is 9.59 Å². The molecule has 1 unspecified atom stereocenters. The molecular formula is C29H23FN4O4S. The minimum Gasteiger partial charge on any atom is -0.505 e. The normalized spacial score (nSPS) is 17.0. The van der Waals surface area contributed by atoms with Crippen molar-refractivity contribution in [1.29, 1.82) is 0 Å².